The number of nitrogens with zero attached hydrogens (tertiary/aromatic N) is 1. The van der Waals surface area contributed by atoms with E-state index in [-0.39, 0.29) is 17.4 Å². The van der Waals surface area contributed by atoms with Crippen molar-refractivity contribution >= 4 is 41.0 Å². The fourth-order valence-electron chi connectivity index (χ4n) is 1.98. The fraction of sp³-hybridized carbons (Fsp3) is 0. The topological polar surface area (TPSA) is 41.5 Å². The summed E-state index contributed by atoms with van der Waals surface area (Å²) in [4.78, 5) is 16.2. The van der Waals surface area contributed by atoms with Crippen LogP contribution in [-0.4, -0.2) is 11.7 Å². The summed E-state index contributed by atoms with van der Waals surface area (Å²) in [6.07, 6.45) is 1.57. The Kier molecular flexibility index (Phi) is 3.96. The second kappa shape index (κ2) is 5.91. The summed E-state index contributed by atoms with van der Waals surface area (Å²) in [7, 11) is 0. The zero-order chi connectivity index (χ0) is 15.7. The summed E-state index contributed by atoms with van der Waals surface area (Å²) in [5.41, 5.74) is 1.49. The Balaban J connectivity index is 1.95. The van der Waals surface area contributed by atoms with Crippen LogP contribution in [0.1, 0.15) is 11.1 Å². The standard InChI is InChI=1S/C16H9Cl2FN2O/c17-11-4-1-10(13(18)8-11)7-14-16(22)21-15(20-14)9-2-5-12(19)6-3-9/h1-8H,(H,20,21,22)/b14-7-. The highest BCUT2D eigenvalue weighted by Crippen LogP contribution is 2.24. The number of rotatable bonds is 2. The van der Waals surface area contributed by atoms with Crippen LogP contribution in [0.15, 0.2) is 53.2 Å². The third kappa shape index (κ3) is 3.03. The molecule has 1 aliphatic heterocycles. The molecule has 1 amide bonds. The van der Waals surface area contributed by atoms with Crippen LogP contribution in [0.5, 0.6) is 0 Å². The maximum Gasteiger partial charge on any atom is 0.275 e. The maximum absolute atomic E-state index is 12.9. The largest absolute Gasteiger partial charge is 0.305 e. The van der Waals surface area contributed by atoms with Gasteiger partial charge in [-0.15, -0.1) is 0 Å². The molecule has 0 spiro atoms. The first-order chi connectivity index (χ1) is 10.5. The van der Waals surface area contributed by atoms with Gasteiger partial charge < -0.3 is 5.32 Å². The van der Waals surface area contributed by atoms with Crippen molar-refractivity contribution in [3.63, 3.8) is 0 Å². The van der Waals surface area contributed by atoms with Crippen LogP contribution < -0.4 is 5.32 Å². The van der Waals surface area contributed by atoms with Gasteiger partial charge in [0.05, 0.1) is 0 Å². The Morgan fingerprint density at radius 1 is 1.09 bits per heavy atom. The average molecular weight is 335 g/mol. The first kappa shape index (κ1) is 14.8. The molecule has 0 radical (unpaired) electrons. The molecule has 2 aromatic carbocycles. The van der Waals surface area contributed by atoms with Crippen molar-refractivity contribution in [3.8, 4) is 0 Å². The molecule has 0 saturated heterocycles. The van der Waals surface area contributed by atoms with Gasteiger partial charge in [0.15, 0.2) is 0 Å². The zero-order valence-electron chi connectivity index (χ0n) is 11.1. The van der Waals surface area contributed by atoms with E-state index >= 15 is 0 Å². The molecule has 0 atom stereocenters. The van der Waals surface area contributed by atoms with Gasteiger partial charge in [-0.25, -0.2) is 9.38 Å². The Morgan fingerprint density at radius 3 is 2.50 bits per heavy atom. The molecule has 1 N–H and O–H groups in total. The Hall–Kier alpha value is -2.17. The summed E-state index contributed by atoms with van der Waals surface area (Å²) in [5, 5.41) is 3.58. The Labute approximate surface area is 136 Å². The lowest BCUT2D eigenvalue weighted by Crippen LogP contribution is -2.24. The predicted molar refractivity (Wildman–Crippen MR) is 85.5 cm³/mol. The molecule has 0 unspecified atom stereocenters. The average Bonchev–Trinajstić information content (AvgIpc) is 2.84. The molecular formula is C16H9Cl2FN2O. The molecule has 0 saturated carbocycles. The second-order valence-electron chi connectivity index (χ2n) is 4.62. The highest BCUT2D eigenvalue weighted by Gasteiger charge is 2.21. The molecule has 110 valence electrons. The minimum atomic E-state index is -0.350. The van der Waals surface area contributed by atoms with Crippen LogP contribution in [0.4, 0.5) is 4.39 Å². The number of hydrogen-bond donors (Lipinski definition) is 1. The summed E-state index contributed by atoms with van der Waals surface area (Å²) in [6.45, 7) is 0. The number of benzene rings is 2. The van der Waals surface area contributed by atoms with Crippen molar-refractivity contribution in [1.29, 1.82) is 0 Å². The van der Waals surface area contributed by atoms with E-state index in [1.807, 2.05) is 0 Å². The van der Waals surface area contributed by atoms with Crippen molar-refractivity contribution in [1.82, 2.24) is 5.32 Å². The number of amidine groups is 1. The normalized spacial score (nSPS) is 15.9. The summed E-state index contributed by atoms with van der Waals surface area (Å²) in [5.74, 6) is -0.316. The molecule has 1 aliphatic rings. The summed E-state index contributed by atoms with van der Waals surface area (Å²) < 4.78 is 12.9. The lowest BCUT2D eigenvalue weighted by molar-refractivity contribution is -0.115. The molecule has 2 aromatic rings. The number of nitrogens with one attached hydrogen (secondary N) is 1. The number of hydrogen-bond acceptors (Lipinski definition) is 2. The Morgan fingerprint density at radius 2 is 1.82 bits per heavy atom. The van der Waals surface area contributed by atoms with Gasteiger partial charge in [0, 0.05) is 15.6 Å². The van der Waals surface area contributed by atoms with E-state index in [0.29, 0.717) is 27.0 Å². The van der Waals surface area contributed by atoms with Gasteiger partial charge in [-0.05, 0) is 48.0 Å². The molecule has 0 fully saturated rings. The molecule has 1 heterocycles. The predicted octanol–water partition coefficient (Wildman–Crippen LogP) is 4.05. The van der Waals surface area contributed by atoms with Crippen molar-refractivity contribution < 1.29 is 9.18 Å². The van der Waals surface area contributed by atoms with Crippen LogP contribution in [0.2, 0.25) is 10.0 Å². The van der Waals surface area contributed by atoms with Crippen LogP contribution in [-0.2, 0) is 4.79 Å². The zero-order valence-corrected chi connectivity index (χ0v) is 12.6. The van der Waals surface area contributed by atoms with Crippen molar-refractivity contribution in [2.24, 2.45) is 4.99 Å². The van der Waals surface area contributed by atoms with Crippen molar-refractivity contribution in [2.75, 3.05) is 0 Å². The summed E-state index contributed by atoms with van der Waals surface area (Å²) in [6, 6.07) is 10.7. The van der Waals surface area contributed by atoms with Crippen molar-refractivity contribution in [2.45, 2.75) is 0 Å². The van der Waals surface area contributed by atoms with E-state index in [0.717, 1.165) is 0 Å². The van der Waals surface area contributed by atoms with Gasteiger partial charge in [-0.2, -0.15) is 0 Å². The number of carbonyl (C=O) groups is 1. The lowest BCUT2D eigenvalue weighted by atomic mass is 10.2. The SMILES string of the molecule is O=C1NC(c2ccc(F)cc2)=N/C1=C\c1ccc(Cl)cc1Cl. The van der Waals surface area contributed by atoms with Crippen LogP contribution in [0, 0.1) is 5.82 Å². The number of carbonyl (C=O) groups excluding carboxylic acids is 1. The molecule has 0 bridgehead atoms. The Bertz CT molecular complexity index is 813. The van der Waals surface area contributed by atoms with E-state index in [1.54, 1.807) is 36.4 Å². The smallest absolute Gasteiger partial charge is 0.275 e. The van der Waals surface area contributed by atoms with E-state index < -0.39 is 0 Å². The monoisotopic (exact) mass is 334 g/mol. The molecule has 22 heavy (non-hydrogen) atoms. The molecule has 0 aliphatic carbocycles. The number of aliphatic imine (C=N–C) groups is 1. The van der Waals surface area contributed by atoms with Gasteiger partial charge in [0.25, 0.3) is 5.91 Å². The molecule has 3 rings (SSSR count). The molecule has 3 nitrogen and oxygen atoms in total. The first-order valence-corrected chi connectivity index (χ1v) is 7.11. The molecule has 0 aromatic heterocycles. The minimum absolute atomic E-state index is 0.226. The molecule has 6 heteroatoms. The molecular weight excluding hydrogens is 326 g/mol. The summed E-state index contributed by atoms with van der Waals surface area (Å²) >= 11 is 11.9. The van der Waals surface area contributed by atoms with Crippen molar-refractivity contribution in [3.05, 3.63) is 75.2 Å². The fourth-order valence-corrected chi connectivity index (χ4v) is 2.44. The van der Waals surface area contributed by atoms with Gasteiger partial charge in [0.1, 0.15) is 17.3 Å². The van der Waals surface area contributed by atoms with Gasteiger partial charge >= 0.3 is 0 Å². The highest BCUT2D eigenvalue weighted by molar-refractivity contribution is 6.35. The lowest BCUT2D eigenvalue weighted by Gasteiger charge is -1.99. The third-order valence-corrected chi connectivity index (χ3v) is 3.63. The highest BCUT2D eigenvalue weighted by atomic mass is 35.5. The first-order valence-electron chi connectivity index (χ1n) is 6.36. The van der Waals surface area contributed by atoms with E-state index in [9.17, 15) is 9.18 Å². The van der Waals surface area contributed by atoms with Crippen LogP contribution >= 0.6 is 23.2 Å². The maximum atomic E-state index is 12.9. The number of amides is 1. The number of halogens is 3. The van der Waals surface area contributed by atoms with Gasteiger partial charge in [0.2, 0.25) is 0 Å². The van der Waals surface area contributed by atoms with Crippen LogP contribution in [0.3, 0.4) is 0 Å². The van der Waals surface area contributed by atoms with E-state index in [2.05, 4.69) is 10.3 Å². The second-order valence-corrected chi connectivity index (χ2v) is 5.46. The minimum Gasteiger partial charge on any atom is -0.305 e. The van der Waals surface area contributed by atoms with Crippen LogP contribution in [0.25, 0.3) is 6.08 Å². The third-order valence-electron chi connectivity index (χ3n) is 3.07. The van der Waals surface area contributed by atoms with E-state index in [1.165, 1.54) is 12.1 Å². The van der Waals surface area contributed by atoms with Gasteiger partial charge in [-0.1, -0.05) is 29.3 Å². The van der Waals surface area contributed by atoms with E-state index in [4.69, 9.17) is 23.2 Å². The quantitative estimate of drug-likeness (QED) is 0.827. The van der Waals surface area contributed by atoms with Gasteiger partial charge in [-0.3, -0.25) is 4.79 Å².